The van der Waals surface area contributed by atoms with E-state index < -0.39 is 5.97 Å². The third kappa shape index (κ3) is 3.87. The van der Waals surface area contributed by atoms with Crippen molar-refractivity contribution in [2.24, 2.45) is 0 Å². The fourth-order valence-electron chi connectivity index (χ4n) is 1.68. The molecule has 0 amide bonds. The lowest BCUT2D eigenvalue weighted by Gasteiger charge is -2.04. The van der Waals surface area contributed by atoms with Gasteiger partial charge in [0.05, 0.1) is 23.9 Å². The molecule has 1 aromatic rings. The Morgan fingerprint density at radius 3 is 2.88 bits per heavy atom. The monoisotopic (exact) mass is 236 g/mol. The molecule has 6 heteroatoms. The van der Waals surface area contributed by atoms with Gasteiger partial charge in [0.15, 0.2) is 0 Å². The van der Waals surface area contributed by atoms with E-state index in [9.17, 15) is 4.79 Å². The Morgan fingerprint density at radius 1 is 1.53 bits per heavy atom. The zero-order valence-electron chi connectivity index (χ0n) is 9.89. The first-order chi connectivity index (χ1) is 8.19. The summed E-state index contributed by atoms with van der Waals surface area (Å²) in [4.78, 5) is 10.6. The topological polar surface area (TPSA) is 91.8 Å². The first-order valence-electron chi connectivity index (χ1n) is 5.69. The highest BCUT2D eigenvalue weighted by molar-refractivity contribution is 5.69. The molecule has 0 fully saturated rings. The maximum Gasteiger partial charge on any atom is 0.309 e. The number of carbonyl (C=O) groups is 1. The fourth-order valence-corrected chi connectivity index (χ4v) is 1.68. The molecule has 0 aliphatic heterocycles. The molecule has 0 saturated carbocycles. The van der Waals surface area contributed by atoms with Crippen LogP contribution in [0.1, 0.15) is 37.6 Å². The Balaban J connectivity index is 2.63. The van der Waals surface area contributed by atoms with Crippen molar-refractivity contribution >= 4 is 5.97 Å². The molecule has 92 valence electrons. The van der Waals surface area contributed by atoms with Gasteiger partial charge >= 0.3 is 5.97 Å². The number of nitriles is 1. The Labute approximate surface area is 99.9 Å². The Hall–Kier alpha value is -1.90. The maximum atomic E-state index is 10.6. The smallest absolute Gasteiger partial charge is 0.309 e. The lowest BCUT2D eigenvalue weighted by Crippen LogP contribution is -2.07. The lowest BCUT2D eigenvalue weighted by molar-refractivity contribution is -0.136. The third-order valence-corrected chi connectivity index (χ3v) is 2.48. The number of carboxylic acid groups (broad SMARTS) is 1. The number of hydrogen-bond donors (Lipinski definition) is 1. The van der Waals surface area contributed by atoms with Crippen LogP contribution in [0.4, 0.5) is 0 Å². The van der Waals surface area contributed by atoms with E-state index in [0.29, 0.717) is 25.1 Å². The highest BCUT2D eigenvalue weighted by Gasteiger charge is 2.13. The van der Waals surface area contributed by atoms with E-state index in [-0.39, 0.29) is 6.42 Å². The molecule has 0 aliphatic rings. The van der Waals surface area contributed by atoms with E-state index in [4.69, 9.17) is 10.4 Å². The summed E-state index contributed by atoms with van der Waals surface area (Å²) in [6.07, 6.45) is 2.86. The molecule has 0 aliphatic carbocycles. The predicted octanol–water partition coefficient (Wildman–Crippen LogP) is 1.16. The second-order valence-corrected chi connectivity index (χ2v) is 3.75. The average Bonchev–Trinajstić information content (AvgIpc) is 2.66. The molecule has 0 bridgehead atoms. The van der Waals surface area contributed by atoms with Crippen molar-refractivity contribution in [1.29, 1.82) is 5.26 Å². The fraction of sp³-hybridized carbons (Fsp3) is 0.636. The van der Waals surface area contributed by atoms with Crippen molar-refractivity contribution in [3.63, 3.8) is 0 Å². The Morgan fingerprint density at radius 2 is 2.29 bits per heavy atom. The number of aliphatic carboxylic acids is 1. The van der Waals surface area contributed by atoms with Gasteiger partial charge in [-0.25, -0.2) is 4.68 Å². The summed E-state index contributed by atoms with van der Waals surface area (Å²) in [6.45, 7) is 2.65. The van der Waals surface area contributed by atoms with Crippen LogP contribution < -0.4 is 0 Å². The van der Waals surface area contributed by atoms with Crippen LogP contribution in [-0.2, 0) is 24.2 Å². The van der Waals surface area contributed by atoms with Crippen molar-refractivity contribution < 1.29 is 9.90 Å². The number of aryl methyl sites for hydroxylation is 1. The van der Waals surface area contributed by atoms with Gasteiger partial charge in [-0.2, -0.15) is 5.26 Å². The molecule has 6 nitrogen and oxygen atoms in total. The van der Waals surface area contributed by atoms with Crippen molar-refractivity contribution in [2.45, 2.75) is 45.6 Å². The van der Waals surface area contributed by atoms with Crippen LogP contribution in [0.3, 0.4) is 0 Å². The summed E-state index contributed by atoms with van der Waals surface area (Å²) in [5.41, 5.74) is 1.42. The van der Waals surface area contributed by atoms with E-state index >= 15 is 0 Å². The van der Waals surface area contributed by atoms with Gasteiger partial charge in [0.1, 0.15) is 0 Å². The van der Waals surface area contributed by atoms with Crippen LogP contribution in [0, 0.1) is 11.3 Å². The van der Waals surface area contributed by atoms with Gasteiger partial charge in [0, 0.05) is 13.0 Å². The predicted molar refractivity (Wildman–Crippen MR) is 60.2 cm³/mol. The highest BCUT2D eigenvalue weighted by atomic mass is 16.4. The second-order valence-electron chi connectivity index (χ2n) is 3.75. The van der Waals surface area contributed by atoms with Gasteiger partial charge in [-0.05, 0) is 19.3 Å². The molecule has 0 saturated heterocycles. The van der Waals surface area contributed by atoms with Crippen LogP contribution in [-0.4, -0.2) is 26.1 Å². The van der Waals surface area contributed by atoms with Crippen molar-refractivity contribution in [3.8, 4) is 6.07 Å². The number of carboxylic acids is 1. The molecule has 0 radical (unpaired) electrons. The van der Waals surface area contributed by atoms with Crippen molar-refractivity contribution in [1.82, 2.24) is 15.0 Å². The SMILES string of the molecule is CCc1c(CC(=O)O)nnn1CCCCC#N. The molecule has 17 heavy (non-hydrogen) atoms. The van der Waals surface area contributed by atoms with Crippen LogP contribution in [0.25, 0.3) is 0 Å². The normalized spacial score (nSPS) is 10.1. The third-order valence-electron chi connectivity index (χ3n) is 2.48. The van der Waals surface area contributed by atoms with Gasteiger partial charge in [-0.3, -0.25) is 4.79 Å². The first-order valence-corrected chi connectivity index (χ1v) is 5.69. The van der Waals surface area contributed by atoms with Gasteiger partial charge in [-0.15, -0.1) is 5.10 Å². The zero-order chi connectivity index (χ0) is 12.7. The number of hydrogen-bond acceptors (Lipinski definition) is 4. The summed E-state index contributed by atoms with van der Waals surface area (Å²) in [5.74, 6) is -0.892. The molecule has 1 rings (SSSR count). The van der Waals surface area contributed by atoms with E-state index in [2.05, 4.69) is 16.4 Å². The van der Waals surface area contributed by atoms with Crippen molar-refractivity contribution in [2.75, 3.05) is 0 Å². The maximum absolute atomic E-state index is 10.6. The van der Waals surface area contributed by atoms with Gasteiger partial charge < -0.3 is 5.11 Å². The molecule has 0 spiro atoms. The van der Waals surface area contributed by atoms with E-state index in [1.165, 1.54) is 0 Å². The van der Waals surface area contributed by atoms with Crippen LogP contribution in [0.2, 0.25) is 0 Å². The molecule has 0 atom stereocenters. The first kappa shape index (κ1) is 13.2. The number of nitrogens with zero attached hydrogens (tertiary/aromatic N) is 4. The minimum atomic E-state index is -0.892. The summed E-state index contributed by atoms with van der Waals surface area (Å²) < 4.78 is 1.75. The molecular formula is C11H16N4O2. The summed E-state index contributed by atoms with van der Waals surface area (Å²) in [6, 6.07) is 2.09. The van der Waals surface area contributed by atoms with Gasteiger partial charge in [0.25, 0.3) is 0 Å². The van der Waals surface area contributed by atoms with E-state index in [1.54, 1.807) is 4.68 Å². The van der Waals surface area contributed by atoms with Crippen LogP contribution >= 0.6 is 0 Å². The zero-order valence-corrected chi connectivity index (χ0v) is 9.89. The molecule has 1 N–H and O–H groups in total. The minimum Gasteiger partial charge on any atom is -0.481 e. The van der Waals surface area contributed by atoms with Gasteiger partial charge in [0.2, 0.25) is 0 Å². The number of rotatable bonds is 7. The quantitative estimate of drug-likeness (QED) is 0.717. The Bertz CT molecular complexity index is 420. The average molecular weight is 236 g/mol. The molecule has 1 aromatic heterocycles. The minimum absolute atomic E-state index is 0.0820. The summed E-state index contributed by atoms with van der Waals surface area (Å²) in [7, 11) is 0. The standard InChI is InChI=1S/C11H16N4O2/c1-2-10-9(8-11(16)17)13-14-15(10)7-5-3-4-6-12/h2-5,7-8H2,1H3,(H,16,17). The molecule has 0 aromatic carbocycles. The molecular weight excluding hydrogens is 220 g/mol. The number of unbranched alkanes of at least 4 members (excludes halogenated alkanes) is 2. The van der Waals surface area contributed by atoms with E-state index in [0.717, 1.165) is 18.5 Å². The molecule has 1 heterocycles. The summed E-state index contributed by atoms with van der Waals surface area (Å²) >= 11 is 0. The van der Waals surface area contributed by atoms with Crippen LogP contribution in [0.5, 0.6) is 0 Å². The Kier molecular flexibility index (Phi) is 5.14. The summed E-state index contributed by atoms with van der Waals surface area (Å²) in [5, 5.41) is 25.0. The highest BCUT2D eigenvalue weighted by Crippen LogP contribution is 2.09. The van der Waals surface area contributed by atoms with Gasteiger partial charge in [-0.1, -0.05) is 12.1 Å². The second kappa shape index (κ2) is 6.63. The van der Waals surface area contributed by atoms with E-state index in [1.807, 2.05) is 6.92 Å². The number of aromatic nitrogens is 3. The largest absolute Gasteiger partial charge is 0.481 e. The lowest BCUT2D eigenvalue weighted by atomic mass is 10.2. The van der Waals surface area contributed by atoms with Crippen LogP contribution in [0.15, 0.2) is 0 Å². The molecule has 0 unspecified atom stereocenters. The van der Waals surface area contributed by atoms with Crippen molar-refractivity contribution in [3.05, 3.63) is 11.4 Å².